The topological polar surface area (TPSA) is 85.6 Å². The number of carbonyl (C=O) groups excluding carboxylic acids is 1. The van der Waals surface area contributed by atoms with Gasteiger partial charge in [-0.15, -0.1) is 0 Å². The third-order valence-corrected chi connectivity index (χ3v) is 5.98. The highest BCUT2D eigenvalue weighted by Gasteiger charge is 2.24. The van der Waals surface area contributed by atoms with Crippen LogP contribution in [0, 0.1) is 5.82 Å². The van der Waals surface area contributed by atoms with Crippen LogP contribution in [0.4, 0.5) is 10.1 Å². The zero-order valence-corrected chi connectivity index (χ0v) is 17.3. The summed E-state index contributed by atoms with van der Waals surface area (Å²) < 4.78 is 52.0. The Morgan fingerprint density at radius 2 is 1.74 bits per heavy atom. The number of halogens is 1. The van der Waals surface area contributed by atoms with Gasteiger partial charge in [0.05, 0.1) is 11.5 Å². The van der Waals surface area contributed by atoms with Crippen LogP contribution in [-0.4, -0.2) is 21.0 Å². The molecule has 0 fully saturated rings. The first kappa shape index (κ1) is 20.6. The number of furan rings is 1. The minimum atomic E-state index is -3.95. The standard InChI is InChI=1S/C23H18FNO5S/c1-2-29-23(26)21-19-14-17(25-31(27,28)18-11-8-16(24)9-12-18)10-13-20(19)30-22(21)15-6-4-3-5-7-15/h3-14,25H,2H2,1H3. The maximum absolute atomic E-state index is 13.1. The maximum atomic E-state index is 13.1. The lowest BCUT2D eigenvalue weighted by atomic mass is 10.1. The SMILES string of the molecule is CCOC(=O)c1c(-c2ccccc2)oc2ccc(NS(=O)(=O)c3ccc(F)cc3)cc12. The van der Waals surface area contributed by atoms with Crippen LogP contribution in [0.3, 0.4) is 0 Å². The second-order valence-electron chi connectivity index (χ2n) is 6.66. The lowest BCUT2D eigenvalue weighted by molar-refractivity contribution is 0.0528. The molecule has 1 aromatic heterocycles. The molecule has 0 aliphatic carbocycles. The average molecular weight is 439 g/mol. The van der Waals surface area contributed by atoms with Crippen molar-refractivity contribution in [1.82, 2.24) is 0 Å². The van der Waals surface area contributed by atoms with Crippen LogP contribution >= 0.6 is 0 Å². The Bertz CT molecular complexity index is 1350. The molecule has 0 radical (unpaired) electrons. The second-order valence-corrected chi connectivity index (χ2v) is 8.35. The van der Waals surface area contributed by atoms with Crippen molar-refractivity contribution >= 4 is 32.6 Å². The zero-order valence-electron chi connectivity index (χ0n) is 16.5. The van der Waals surface area contributed by atoms with Gasteiger partial charge in [-0.05, 0) is 49.4 Å². The Morgan fingerprint density at radius 3 is 2.42 bits per heavy atom. The van der Waals surface area contributed by atoms with E-state index in [2.05, 4.69) is 4.72 Å². The number of sulfonamides is 1. The molecule has 3 aromatic carbocycles. The van der Waals surface area contributed by atoms with Crippen LogP contribution in [0.2, 0.25) is 0 Å². The first-order chi connectivity index (χ1) is 14.9. The van der Waals surface area contributed by atoms with Gasteiger partial charge in [-0.25, -0.2) is 17.6 Å². The first-order valence-electron chi connectivity index (χ1n) is 9.46. The summed E-state index contributed by atoms with van der Waals surface area (Å²) in [5.41, 5.74) is 1.54. The summed E-state index contributed by atoms with van der Waals surface area (Å²) in [6.07, 6.45) is 0. The van der Waals surface area contributed by atoms with E-state index in [4.69, 9.17) is 9.15 Å². The molecule has 0 saturated heterocycles. The van der Waals surface area contributed by atoms with Crippen LogP contribution in [0.5, 0.6) is 0 Å². The van der Waals surface area contributed by atoms with Gasteiger partial charge < -0.3 is 9.15 Å². The molecule has 0 bridgehead atoms. The molecule has 6 nitrogen and oxygen atoms in total. The lowest BCUT2D eigenvalue weighted by Crippen LogP contribution is -2.13. The fourth-order valence-electron chi connectivity index (χ4n) is 3.19. The summed E-state index contributed by atoms with van der Waals surface area (Å²) in [5.74, 6) is -0.766. The molecule has 0 aliphatic rings. The Hall–Kier alpha value is -3.65. The minimum absolute atomic E-state index is 0.0863. The molecule has 158 valence electrons. The van der Waals surface area contributed by atoms with Gasteiger partial charge >= 0.3 is 5.97 Å². The van der Waals surface area contributed by atoms with E-state index in [0.717, 1.165) is 12.1 Å². The van der Waals surface area contributed by atoms with Crippen molar-refractivity contribution in [3.8, 4) is 11.3 Å². The molecule has 0 unspecified atom stereocenters. The minimum Gasteiger partial charge on any atom is -0.462 e. The first-order valence-corrected chi connectivity index (χ1v) is 10.9. The monoisotopic (exact) mass is 439 g/mol. The number of hydrogen-bond acceptors (Lipinski definition) is 5. The van der Waals surface area contributed by atoms with Crippen molar-refractivity contribution in [2.75, 3.05) is 11.3 Å². The number of rotatable bonds is 6. The van der Waals surface area contributed by atoms with E-state index in [1.54, 1.807) is 25.1 Å². The molecule has 1 N–H and O–H groups in total. The Kier molecular flexibility index (Phi) is 5.48. The molecule has 0 saturated carbocycles. The maximum Gasteiger partial charge on any atom is 0.342 e. The number of anilines is 1. The summed E-state index contributed by atoms with van der Waals surface area (Å²) >= 11 is 0. The van der Waals surface area contributed by atoms with E-state index in [9.17, 15) is 17.6 Å². The number of carbonyl (C=O) groups is 1. The molecule has 0 atom stereocenters. The number of fused-ring (bicyclic) bond motifs is 1. The fraction of sp³-hybridized carbons (Fsp3) is 0.0870. The highest BCUT2D eigenvalue weighted by molar-refractivity contribution is 7.92. The van der Waals surface area contributed by atoms with Gasteiger partial charge in [0, 0.05) is 16.6 Å². The van der Waals surface area contributed by atoms with Crippen LogP contribution in [-0.2, 0) is 14.8 Å². The van der Waals surface area contributed by atoms with Gasteiger partial charge in [-0.1, -0.05) is 30.3 Å². The largest absolute Gasteiger partial charge is 0.462 e. The van der Waals surface area contributed by atoms with E-state index in [0.29, 0.717) is 22.3 Å². The van der Waals surface area contributed by atoms with Gasteiger partial charge in [-0.2, -0.15) is 0 Å². The van der Waals surface area contributed by atoms with Crippen LogP contribution in [0.25, 0.3) is 22.3 Å². The van der Waals surface area contributed by atoms with Crippen molar-refractivity contribution in [3.63, 3.8) is 0 Å². The predicted octanol–water partition coefficient (Wildman–Crippen LogP) is 5.22. The van der Waals surface area contributed by atoms with Crippen molar-refractivity contribution in [1.29, 1.82) is 0 Å². The fourth-order valence-corrected chi connectivity index (χ4v) is 4.24. The van der Waals surface area contributed by atoms with Crippen molar-refractivity contribution < 1.29 is 26.8 Å². The van der Waals surface area contributed by atoms with Crippen LogP contribution < -0.4 is 4.72 Å². The molecule has 0 aliphatic heterocycles. The number of hydrogen-bond donors (Lipinski definition) is 1. The Morgan fingerprint density at radius 1 is 1.03 bits per heavy atom. The van der Waals surface area contributed by atoms with E-state index in [1.165, 1.54) is 24.3 Å². The van der Waals surface area contributed by atoms with E-state index in [1.807, 2.05) is 18.2 Å². The summed E-state index contributed by atoms with van der Waals surface area (Å²) in [5, 5.41) is 0.414. The molecule has 0 amide bonds. The predicted molar refractivity (Wildman–Crippen MR) is 115 cm³/mol. The molecule has 8 heteroatoms. The molecule has 4 aromatic rings. The van der Waals surface area contributed by atoms with Crippen molar-refractivity contribution in [2.45, 2.75) is 11.8 Å². The van der Waals surface area contributed by atoms with Crippen molar-refractivity contribution in [2.24, 2.45) is 0 Å². The third-order valence-electron chi connectivity index (χ3n) is 4.58. The van der Waals surface area contributed by atoms with Gasteiger partial charge in [0.2, 0.25) is 0 Å². The van der Waals surface area contributed by atoms with Crippen LogP contribution in [0.15, 0.2) is 82.1 Å². The van der Waals surface area contributed by atoms with E-state index < -0.39 is 21.8 Å². The van der Waals surface area contributed by atoms with Crippen molar-refractivity contribution in [3.05, 3.63) is 84.2 Å². The highest BCUT2D eigenvalue weighted by Crippen LogP contribution is 2.36. The normalized spacial score (nSPS) is 11.4. The van der Waals surface area contributed by atoms with Gasteiger partial charge in [0.25, 0.3) is 10.0 Å². The molecular weight excluding hydrogens is 421 g/mol. The number of ether oxygens (including phenoxy) is 1. The smallest absolute Gasteiger partial charge is 0.342 e. The molecule has 31 heavy (non-hydrogen) atoms. The molecular formula is C23H18FNO5S. The molecule has 4 rings (SSSR count). The highest BCUT2D eigenvalue weighted by atomic mass is 32.2. The summed E-state index contributed by atoms with van der Waals surface area (Å²) in [4.78, 5) is 12.6. The van der Waals surface area contributed by atoms with E-state index in [-0.39, 0.29) is 22.8 Å². The number of nitrogens with one attached hydrogen (secondary N) is 1. The quantitative estimate of drug-likeness (QED) is 0.417. The molecule has 0 spiro atoms. The summed E-state index contributed by atoms with van der Waals surface area (Å²) in [6.45, 7) is 1.88. The number of benzene rings is 3. The Balaban J connectivity index is 1.80. The van der Waals surface area contributed by atoms with Crippen LogP contribution in [0.1, 0.15) is 17.3 Å². The van der Waals surface area contributed by atoms with E-state index >= 15 is 0 Å². The summed E-state index contributed by atoms with van der Waals surface area (Å²) in [7, 11) is -3.95. The zero-order chi connectivity index (χ0) is 22.0. The Labute approximate surface area is 178 Å². The molecule has 1 heterocycles. The van der Waals surface area contributed by atoms with Gasteiger partial charge in [0.1, 0.15) is 22.7 Å². The number of esters is 1. The second kappa shape index (κ2) is 8.23. The summed E-state index contributed by atoms with van der Waals surface area (Å²) in [6, 6.07) is 18.2. The average Bonchev–Trinajstić information content (AvgIpc) is 3.13. The van der Waals surface area contributed by atoms with Gasteiger partial charge in [-0.3, -0.25) is 4.72 Å². The lowest BCUT2D eigenvalue weighted by Gasteiger charge is -2.08. The third kappa shape index (κ3) is 4.15. The van der Waals surface area contributed by atoms with Gasteiger partial charge in [0.15, 0.2) is 0 Å².